The number of hydrogen-bond acceptors (Lipinski definition) is 6. The van der Waals surface area contributed by atoms with Gasteiger partial charge >= 0.3 is 6.03 Å². The Hall–Kier alpha value is -2.13. The lowest BCUT2D eigenvalue weighted by atomic mass is 10.3. The fourth-order valence-corrected chi connectivity index (χ4v) is 3.93. The summed E-state index contributed by atoms with van der Waals surface area (Å²) in [6.45, 7) is 2.60. The maximum atomic E-state index is 11.9. The molecular formula is C15H17N5O2S2. The van der Waals surface area contributed by atoms with E-state index in [9.17, 15) is 9.59 Å². The molecule has 0 radical (unpaired) electrons. The van der Waals surface area contributed by atoms with Crippen molar-refractivity contribution >= 4 is 50.2 Å². The first-order valence-corrected chi connectivity index (χ1v) is 9.42. The van der Waals surface area contributed by atoms with Gasteiger partial charge in [0.15, 0.2) is 5.16 Å². The van der Waals surface area contributed by atoms with Crippen molar-refractivity contribution in [2.45, 2.75) is 24.9 Å². The van der Waals surface area contributed by atoms with Crippen LogP contribution >= 0.6 is 23.1 Å². The second-order valence-electron chi connectivity index (χ2n) is 5.12. The molecule has 0 spiro atoms. The number of thiazole rings is 1. The summed E-state index contributed by atoms with van der Waals surface area (Å²) in [5.41, 5.74) is 1.02. The maximum Gasteiger partial charge on any atom is 0.321 e. The Balaban J connectivity index is 1.61. The Labute approximate surface area is 146 Å². The molecule has 0 aliphatic heterocycles. The van der Waals surface area contributed by atoms with Gasteiger partial charge in [-0.05, 0) is 18.6 Å². The highest BCUT2D eigenvalue weighted by molar-refractivity contribution is 7.99. The van der Waals surface area contributed by atoms with Gasteiger partial charge in [-0.15, -0.1) is 10.2 Å². The number of carbonyl (C=O) groups excluding carboxylic acids is 2. The van der Waals surface area contributed by atoms with Crippen LogP contribution in [0, 0.1) is 0 Å². The van der Waals surface area contributed by atoms with Gasteiger partial charge in [-0.2, -0.15) is 0 Å². The molecule has 2 aromatic heterocycles. The zero-order valence-corrected chi connectivity index (χ0v) is 14.7. The summed E-state index contributed by atoms with van der Waals surface area (Å²) in [5, 5.41) is 13.9. The third-order valence-corrected chi connectivity index (χ3v) is 5.25. The summed E-state index contributed by atoms with van der Waals surface area (Å²) in [7, 11) is 0. The minimum absolute atomic E-state index is 0.103. The standard InChI is InChI=1S/C15H17N5O2S2/c1-2-3-8-16-13(22)17-12(21)9-23-14-18-19-15-20(14)10-6-4-5-7-11(10)24-15/h4-7H,2-3,8-9H2,1H3,(H2,16,17,21,22). The van der Waals surface area contributed by atoms with E-state index in [1.54, 1.807) is 11.3 Å². The zero-order chi connectivity index (χ0) is 16.9. The van der Waals surface area contributed by atoms with Gasteiger partial charge in [-0.3, -0.25) is 14.5 Å². The molecular weight excluding hydrogens is 346 g/mol. The summed E-state index contributed by atoms with van der Waals surface area (Å²) in [6.07, 6.45) is 1.88. The van der Waals surface area contributed by atoms with Crippen LogP contribution < -0.4 is 10.6 Å². The average Bonchev–Trinajstić information content (AvgIpc) is 3.12. The van der Waals surface area contributed by atoms with E-state index in [-0.39, 0.29) is 11.7 Å². The van der Waals surface area contributed by atoms with Crippen LogP contribution in [0.4, 0.5) is 4.79 Å². The van der Waals surface area contributed by atoms with Crippen molar-refractivity contribution in [1.29, 1.82) is 0 Å². The zero-order valence-electron chi connectivity index (χ0n) is 13.1. The molecule has 0 unspecified atom stereocenters. The largest absolute Gasteiger partial charge is 0.338 e. The molecule has 9 heteroatoms. The van der Waals surface area contributed by atoms with Crippen LogP contribution in [0.3, 0.4) is 0 Å². The number of thioether (sulfide) groups is 1. The second-order valence-corrected chi connectivity index (χ2v) is 7.07. The number of rotatable bonds is 6. The molecule has 2 heterocycles. The highest BCUT2D eigenvalue weighted by atomic mass is 32.2. The van der Waals surface area contributed by atoms with E-state index in [1.807, 2.05) is 35.6 Å². The molecule has 0 saturated carbocycles. The normalized spacial score (nSPS) is 11.0. The second kappa shape index (κ2) is 7.63. The number of hydrogen-bond donors (Lipinski definition) is 2. The number of amides is 3. The molecule has 0 aliphatic rings. The van der Waals surface area contributed by atoms with Crippen molar-refractivity contribution in [2.24, 2.45) is 0 Å². The minimum Gasteiger partial charge on any atom is -0.338 e. The van der Waals surface area contributed by atoms with Crippen LogP contribution in [0.25, 0.3) is 15.2 Å². The van der Waals surface area contributed by atoms with Crippen LogP contribution in [0.15, 0.2) is 29.4 Å². The number of urea groups is 1. The molecule has 3 rings (SSSR count). The van der Waals surface area contributed by atoms with E-state index in [2.05, 4.69) is 20.8 Å². The van der Waals surface area contributed by atoms with Gasteiger partial charge in [0.05, 0.1) is 16.0 Å². The molecule has 0 aliphatic carbocycles. The lowest BCUT2D eigenvalue weighted by Gasteiger charge is -2.05. The first-order chi connectivity index (χ1) is 11.7. The number of fused-ring (bicyclic) bond motifs is 3. The molecule has 126 valence electrons. The molecule has 24 heavy (non-hydrogen) atoms. The number of imide groups is 1. The molecule has 3 aromatic rings. The van der Waals surface area contributed by atoms with Gasteiger partial charge in [0.2, 0.25) is 10.9 Å². The van der Waals surface area contributed by atoms with Crippen LogP contribution in [0.1, 0.15) is 19.8 Å². The summed E-state index contributed by atoms with van der Waals surface area (Å²) in [4.78, 5) is 24.2. The molecule has 0 bridgehead atoms. The molecule has 3 amide bonds. The molecule has 7 nitrogen and oxygen atoms in total. The van der Waals surface area contributed by atoms with E-state index in [1.165, 1.54) is 11.8 Å². The summed E-state index contributed by atoms with van der Waals surface area (Å²) in [5.74, 6) is -0.253. The van der Waals surface area contributed by atoms with Crippen molar-refractivity contribution < 1.29 is 9.59 Å². The summed E-state index contributed by atoms with van der Waals surface area (Å²) >= 11 is 2.81. The van der Waals surface area contributed by atoms with Crippen molar-refractivity contribution in [3.8, 4) is 0 Å². The Morgan fingerprint density at radius 3 is 2.96 bits per heavy atom. The number of nitrogens with zero attached hydrogens (tertiary/aromatic N) is 3. The van der Waals surface area contributed by atoms with Crippen molar-refractivity contribution in [1.82, 2.24) is 25.2 Å². The Kier molecular flexibility index (Phi) is 5.31. The third kappa shape index (κ3) is 3.68. The Morgan fingerprint density at radius 2 is 2.12 bits per heavy atom. The quantitative estimate of drug-likeness (QED) is 0.519. The van der Waals surface area contributed by atoms with Crippen molar-refractivity contribution in [2.75, 3.05) is 12.3 Å². The van der Waals surface area contributed by atoms with Gasteiger partial charge in [-0.25, -0.2) is 4.79 Å². The predicted octanol–water partition coefficient (Wildman–Crippen LogP) is 2.66. The predicted molar refractivity (Wildman–Crippen MR) is 95.5 cm³/mol. The van der Waals surface area contributed by atoms with Gasteiger partial charge in [-0.1, -0.05) is 48.6 Å². The molecule has 0 fully saturated rings. The van der Waals surface area contributed by atoms with E-state index < -0.39 is 6.03 Å². The fraction of sp³-hybridized carbons (Fsp3) is 0.333. The fourth-order valence-electron chi connectivity index (χ4n) is 2.16. The number of carbonyl (C=O) groups is 2. The summed E-state index contributed by atoms with van der Waals surface area (Å²) in [6, 6.07) is 7.49. The Morgan fingerprint density at radius 1 is 1.29 bits per heavy atom. The van der Waals surface area contributed by atoms with Crippen LogP contribution in [0.2, 0.25) is 0 Å². The SMILES string of the molecule is CCCCNC(=O)NC(=O)CSc1nnc2sc3ccccc3n12. The third-order valence-electron chi connectivity index (χ3n) is 3.31. The average molecular weight is 363 g/mol. The number of para-hydroxylation sites is 1. The molecule has 0 saturated heterocycles. The number of aromatic nitrogens is 3. The van der Waals surface area contributed by atoms with E-state index in [0.29, 0.717) is 11.7 Å². The highest BCUT2D eigenvalue weighted by Gasteiger charge is 2.14. The topological polar surface area (TPSA) is 88.4 Å². The summed E-state index contributed by atoms with van der Waals surface area (Å²) < 4.78 is 3.04. The first kappa shape index (κ1) is 16.7. The minimum atomic E-state index is -0.457. The lowest BCUT2D eigenvalue weighted by Crippen LogP contribution is -2.40. The van der Waals surface area contributed by atoms with Crippen molar-refractivity contribution in [3.63, 3.8) is 0 Å². The maximum absolute atomic E-state index is 11.9. The number of nitrogens with one attached hydrogen (secondary N) is 2. The van der Waals surface area contributed by atoms with E-state index >= 15 is 0 Å². The molecule has 2 N–H and O–H groups in total. The number of benzene rings is 1. The molecule has 0 atom stereocenters. The van der Waals surface area contributed by atoms with Gasteiger partial charge in [0.1, 0.15) is 0 Å². The van der Waals surface area contributed by atoms with E-state index in [0.717, 1.165) is 28.0 Å². The van der Waals surface area contributed by atoms with Crippen LogP contribution in [-0.2, 0) is 4.79 Å². The molecule has 1 aromatic carbocycles. The number of unbranched alkanes of at least 4 members (excludes halogenated alkanes) is 1. The van der Waals surface area contributed by atoms with Crippen LogP contribution in [0.5, 0.6) is 0 Å². The van der Waals surface area contributed by atoms with Gasteiger partial charge < -0.3 is 5.32 Å². The van der Waals surface area contributed by atoms with Crippen molar-refractivity contribution in [3.05, 3.63) is 24.3 Å². The van der Waals surface area contributed by atoms with Crippen LogP contribution in [-0.4, -0.2) is 38.8 Å². The smallest absolute Gasteiger partial charge is 0.321 e. The monoisotopic (exact) mass is 363 g/mol. The highest BCUT2D eigenvalue weighted by Crippen LogP contribution is 2.29. The van der Waals surface area contributed by atoms with Gasteiger partial charge in [0.25, 0.3) is 0 Å². The first-order valence-electron chi connectivity index (χ1n) is 7.62. The Bertz CT molecular complexity index is 873. The van der Waals surface area contributed by atoms with E-state index in [4.69, 9.17) is 0 Å². The van der Waals surface area contributed by atoms with Gasteiger partial charge in [0, 0.05) is 6.54 Å². The lowest BCUT2D eigenvalue weighted by molar-refractivity contribution is -0.117.